The van der Waals surface area contributed by atoms with Gasteiger partial charge >= 0.3 is 5.69 Å². The molecule has 1 aliphatic carbocycles. The molecule has 0 atom stereocenters. The smallest absolute Gasteiger partial charge is 0.350 e. The lowest BCUT2D eigenvalue weighted by molar-refractivity contribution is -0.181. The van der Waals surface area contributed by atoms with Crippen LogP contribution in [0.4, 0.5) is 11.4 Å². The monoisotopic (exact) mass is 491 g/mol. The van der Waals surface area contributed by atoms with Crippen LogP contribution in [0, 0.1) is 0 Å². The zero-order valence-corrected chi connectivity index (χ0v) is 20.7. The van der Waals surface area contributed by atoms with Crippen molar-refractivity contribution >= 4 is 11.4 Å². The number of methoxy groups -OCH3 is 1. The van der Waals surface area contributed by atoms with Crippen molar-refractivity contribution in [2.24, 2.45) is 0 Å². The molecule has 9 heteroatoms. The molecule has 0 radical (unpaired) electrons. The average molecular weight is 492 g/mol. The van der Waals surface area contributed by atoms with Crippen LogP contribution in [0.1, 0.15) is 31.7 Å². The number of hydrogen-bond acceptors (Lipinski definition) is 7. The minimum Gasteiger partial charge on any atom is -0.497 e. The normalized spacial score (nSPS) is 20.2. The van der Waals surface area contributed by atoms with Gasteiger partial charge in [0.15, 0.2) is 5.79 Å². The Morgan fingerprint density at radius 2 is 1.36 bits per heavy atom. The molecule has 3 aromatic rings. The molecule has 3 heterocycles. The van der Waals surface area contributed by atoms with Crippen LogP contribution in [0.5, 0.6) is 5.75 Å². The number of nitrogens with zero attached hydrogens (tertiary/aromatic N) is 5. The fourth-order valence-electron chi connectivity index (χ4n) is 5.66. The molecular weight excluding hydrogens is 458 g/mol. The first kappa shape index (κ1) is 23.1. The Balaban J connectivity index is 1.08. The summed E-state index contributed by atoms with van der Waals surface area (Å²) >= 11 is 0. The summed E-state index contributed by atoms with van der Waals surface area (Å²) in [5.41, 5.74) is 3.13. The van der Waals surface area contributed by atoms with Gasteiger partial charge in [-0.3, -0.25) is 0 Å². The third-order valence-corrected chi connectivity index (χ3v) is 7.78. The van der Waals surface area contributed by atoms with E-state index >= 15 is 0 Å². The second-order valence-electron chi connectivity index (χ2n) is 9.76. The molecule has 0 bridgehead atoms. The van der Waals surface area contributed by atoms with Gasteiger partial charge < -0.3 is 24.0 Å². The van der Waals surface area contributed by atoms with E-state index in [0.717, 1.165) is 63.3 Å². The van der Waals surface area contributed by atoms with Crippen LogP contribution < -0.4 is 20.2 Å². The molecule has 2 aliphatic heterocycles. The second kappa shape index (κ2) is 9.63. The molecule has 2 aromatic carbocycles. The molecule has 3 fully saturated rings. The molecule has 9 nitrogen and oxygen atoms in total. The molecule has 6 rings (SSSR count). The summed E-state index contributed by atoms with van der Waals surface area (Å²) in [5.74, 6) is 0.445. The van der Waals surface area contributed by atoms with E-state index in [4.69, 9.17) is 14.2 Å². The van der Waals surface area contributed by atoms with Crippen LogP contribution >= 0.6 is 0 Å². The van der Waals surface area contributed by atoms with E-state index in [9.17, 15) is 4.79 Å². The molecule has 36 heavy (non-hydrogen) atoms. The van der Waals surface area contributed by atoms with Gasteiger partial charge in [-0.15, -0.1) is 0 Å². The second-order valence-corrected chi connectivity index (χ2v) is 9.76. The molecule has 0 amide bonds. The summed E-state index contributed by atoms with van der Waals surface area (Å²) < 4.78 is 20.2. The van der Waals surface area contributed by atoms with Crippen molar-refractivity contribution in [1.82, 2.24) is 14.3 Å². The fraction of sp³-hybridized carbons (Fsp3) is 0.481. The number of hydrogen-bond donors (Lipinski definition) is 0. The Kier molecular flexibility index (Phi) is 6.18. The largest absolute Gasteiger partial charge is 0.497 e. The van der Waals surface area contributed by atoms with Crippen LogP contribution in [0.15, 0.2) is 59.7 Å². The van der Waals surface area contributed by atoms with Crippen LogP contribution in [0.2, 0.25) is 0 Å². The standard InChI is InChI=1S/C27H33N5O4/c1-34-25-8-6-22(7-9-25)30-16-14-29(15-17-30)21-2-4-23(5-3-21)31-20-28-32(26(31)33)24-10-12-27(13-11-24)35-18-19-36-27/h2-9,20,24H,10-19H2,1H3. The third-order valence-electron chi connectivity index (χ3n) is 7.78. The molecule has 2 saturated heterocycles. The first-order valence-corrected chi connectivity index (χ1v) is 12.8. The van der Waals surface area contributed by atoms with Crippen molar-refractivity contribution in [3.63, 3.8) is 0 Å². The highest BCUT2D eigenvalue weighted by Crippen LogP contribution is 2.39. The van der Waals surface area contributed by atoms with Gasteiger partial charge in [0.1, 0.15) is 12.1 Å². The van der Waals surface area contributed by atoms with Crippen molar-refractivity contribution in [3.8, 4) is 11.4 Å². The fourth-order valence-corrected chi connectivity index (χ4v) is 5.66. The van der Waals surface area contributed by atoms with E-state index < -0.39 is 5.79 Å². The number of benzene rings is 2. The van der Waals surface area contributed by atoms with Crippen molar-refractivity contribution in [2.45, 2.75) is 37.5 Å². The molecule has 190 valence electrons. The highest BCUT2D eigenvalue weighted by molar-refractivity contribution is 5.54. The van der Waals surface area contributed by atoms with E-state index in [1.807, 2.05) is 24.3 Å². The quantitative estimate of drug-likeness (QED) is 0.543. The summed E-state index contributed by atoms with van der Waals surface area (Å²) in [6, 6.07) is 16.5. The van der Waals surface area contributed by atoms with Gasteiger partial charge in [-0.1, -0.05) is 0 Å². The van der Waals surface area contributed by atoms with Gasteiger partial charge in [0.05, 0.1) is 32.1 Å². The Bertz CT molecular complexity index is 1210. The van der Waals surface area contributed by atoms with Gasteiger partial charge in [-0.05, 0) is 61.4 Å². The van der Waals surface area contributed by atoms with Crippen molar-refractivity contribution in [2.75, 3.05) is 56.3 Å². The maximum absolute atomic E-state index is 13.2. The van der Waals surface area contributed by atoms with Crippen LogP contribution in [0.25, 0.3) is 5.69 Å². The first-order valence-electron chi connectivity index (χ1n) is 12.8. The Morgan fingerprint density at radius 1 is 0.833 bits per heavy atom. The molecular formula is C27H33N5O4. The topological polar surface area (TPSA) is 74.0 Å². The Hall–Kier alpha value is -3.30. The Morgan fingerprint density at radius 3 is 1.92 bits per heavy atom. The van der Waals surface area contributed by atoms with Crippen molar-refractivity contribution < 1.29 is 14.2 Å². The highest BCUT2D eigenvalue weighted by Gasteiger charge is 2.41. The van der Waals surface area contributed by atoms with E-state index in [2.05, 4.69) is 39.2 Å². The van der Waals surface area contributed by atoms with Crippen molar-refractivity contribution in [1.29, 1.82) is 0 Å². The summed E-state index contributed by atoms with van der Waals surface area (Å²) in [6.45, 7) is 5.12. The van der Waals surface area contributed by atoms with Crippen LogP contribution in [-0.4, -0.2) is 66.6 Å². The lowest BCUT2D eigenvalue weighted by Crippen LogP contribution is -2.46. The van der Waals surface area contributed by atoms with E-state index in [-0.39, 0.29) is 11.7 Å². The summed E-state index contributed by atoms with van der Waals surface area (Å²) in [4.78, 5) is 17.9. The zero-order chi connectivity index (χ0) is 24.5. The zero-order valence-electron chi connectivity index (χ0n) is 20.7. The van der Waals surface area contributed by atoms with Gasteiger partial charge in [0.25, 0.3) is 0 Å². The molecule has 1 saturated carbocycles. The van der Waals surface area contributed by atoms with E-state index in [1.54, 1.807) is 22.7 Å². The third kappa shape index (κ3) is 4.37. The molecule has 0 N–H and O–H groups in total. The van der Waals surface area contributed by atoms with Gasteiger partial charge in [-0.2, -0.15) is 5.10 Å². The molecule has 3 aliphatic rings. The van der Waals surface area contributed by atoms with Crippen molar-refractivity contribution in [3.05, 3.63) is 65.3 Å². The minimum absolute atomic E-state index is 0.0819. The SMILES string of the molecule is COc1ccc(N2CCN(c3ccc(-n4cnn(C5CCC6(CC5)OCCO6)c4=O)cc3)CC2)cc1. The van der Waals surface area contributed by atoms with Gasteiger partial charge in [0, 0.05) is 50.4 Å². The number of aromatic nitrogens is 3. The van der Waals surface area contributed by atoms with Gasteiger partial charge in [-0.25, -0.2) is 14.0 Å². The highest BCUT2D eigenvalue weighted by atomic mass is 16.7. The van der Waals surface area contributed by atoms with E-state index in [1.165, 1.54) is 11.4 Å². The van der Waals surface area contributed by atoms with Crippen LogP contribution in [0.3, 0.4) is 0 Å². The lowest BCUT2D eigenvalue weighted by Gasteiger charge is -2.37. The summed E-state index contributed by atoms with van der Waals surface area (Å²) in [7, 11) is 1.69. The predicted molar refractivity (Wildman–Crippen MR) is 137 cm³/mol. The molecule has 1 aromatic heterocycles. The number of piperazine rings is 1. The summed E-state index contributed by atoms with van der Waals surface area (Å²) in [6.07, 6.45) is 4.91. The number of anilines is 2. The summed E-state index contributed by atoms with van der Waals surface area (Å²) in [5, 5.41) is 4.45. The maximum Gasteiger partial charge on any atom is 0.350 e. The predicted octanol–water partition coefficient (Wildman–Crippen LogP) is 3.23. The molecule has 1 spiro atoms. The van der Waals surface area contributed by atoms with E-state index in [0.29, 0.717) is 13.2 Å². The molecule has 0 unspecified atom stereocenters. The van der Waals surface area contributed by atoms with Crippen LogP contribution in [-0.2, 0) is 9.47 Å². The minimum atomic E-state index is -0.432. The number of ether oxygens (including phenoxy) is 3. The van der Waals surface area contributed by atoms with Gasteiger partial charge in [0.2, 0.25) is 0 Å². The average Bonchev–Trinajstić information content (AvgIpc) is 3.56. The Labute approximate surface area is 210 Å². The number of rotatable bonds is 5. The maximum atomic E-state index is 13.2. The lowest BCUT2D eigenvalue weighted by atomic mass is 9.90. The first-order chi connectivity index (χ1) is 17.6.